The van der Waals surface area contributed by atoms with Gasteiger partial charge in [-0.2, -0.15) is 0 Å². The number of para-hydroxylation sites is 1. The third kappa shape index (κ3) is 3.84. The molecule has 0 atom stereocenters. The molecule has 0 unspecified atom stereocenters. The second kappa shape index (κ2) is 7.69. The van der Waals surface area contributed by atoms with Crippen LogP contribution in [0.5, 0.6) is 0 Å². The number of anilines is 1. The summed E-state index contributed by atoms with van der Waals surface area (Å²) in [4.78, 5) is 7.05. The molecule has 4 rings (SSSR count). The Morgan fingerprint density at radius 1 is 0.880 bits per heavy atom. The van der Waals surface area contributed by atoms with Crippen molar-refractivity contribution in [2.45, 2.75) is 32.1 Å². The molecule has 0 saturated carbocycles. The Bertz CT molecular complexity index is 799. The summed E-state index contributed by atoms with van der Waals surface area (Å²) in [5.74, 6) is 0.882. The normalized spacial score (nSPS) is 15.6. The van der Waals surface area contributed by atoms with Crippen molar-refractivity contribution < 1.29 is 0 Å². The summed E-state index contributed by atoms with van der Waals surface area (Å²) in [5, 5.41) is 1.28. The van der Waals surface area contributed by atoms with E-state index in [1.807, 2.05) is 6.20 Å². The lowest BCUT2D eigenvalue weighted by Crippen LogP contribution is -2.33. The summed E-state index contributed by atoms with van der Waals surface area (Å²) < 4.78 is 0. The Balaban J connectivity index is 1.32. The van der Waals surface area contributed by atoms with Crippen molar-refractivity contribution in [1.29, 1.82) is 0 Å². The van der Waals surface area contributed by atoms with Crippen molar-refractivity contribution in [2.24, 2.45) is 5.92 Å². The summed E-state index contributed by atoms with van der Waals surface area (Å²) in [6.07, 6.45) is 8.46. The van der Waals surface area contributed by atoms with Gasteiger partial charge < -0.3 is 4.90 Å². The van der Waals surface area contributed by atoms with Gasteiger partial charge in [0.1, 0.15) is 0 Å². The highest BCUT2D eigenvalue weighted by Gasteiger charge is 2.20. The zero-order valence-corrected chi connectivity index (χ0v) is 14.8. The van der Waals surface area contributed by atoms with Crippen LogP contribution < -0.4 is 4.90 Å². The van der Waals surface area contributed by atoms with Gasteiger partial charge in [0, 0.05) is 30.4 Å². The van der Waals surface area contributed by atoms with Crippen molar-refractivity contribution in [2.75, 3.05) is 18.0 Å². The molecule has 0 radical (unpaired) electrons. The van der Waals surface area contributed by atoms with Crippen LogP contribution in [-0.4, -0.2) is 18.1 Å². The first-order valence-electron chi connectivity index (χ1n) is 9.53. The zero-order valence-electron chi connectivity index (χ0n) is 14.8. The highest BCUT2D eigenvalue weighted by Crippen LogP contribution is 2.30. The molecule has 2 nitrogen and oxygen atoms in total. The third-order valence-electron chi connectivity index (χ3n) is 5.50. The van der Waals surface area contributed by atoms with Crippen molar-refractivity contribution in [3.63, 3.8) is 0 Å². The molecule has 1 aromatic heterocycles. The second-order valence-electron chi connectivity index (χ2n) is 7.16. The van der Waals surface area contributed by atoms with Gasteiger partial charge in [-0.15, -0.1) is 0 Å². The van der Waals surface area contributed by atoms with E-state index in [2.05, 4.69) is 70.5 Å². The quantitative estimate of drug-likeness (QED) is 0.616. The summed E-state index contributed by atoms with van der Waals surface area (Å²) in [5.41, 5.74) is 3.93. The number of benzene rings is 2. The van der Waals surface area contributed by atoms with Crippen LogP contribution in [0.3, 0.4) is 0 Å². The van der Waals surface area contributed by atoms with E-state index in [1.54, 1.807) is 0 Å². The largest absolute Gasteiger partial charge is 0.371 e. The molecule has 0 amide bonds. The van der Waals surface area contributed by atoms with Crippen molar-refractivity contribution >= 4 is 16.6 Å². The Morgan fingerprint density at radius 2 is 1.64 bits per heavy atom. The molecule has 3 aromatic rings. The predicted molar refractivity (Wildman–Crippen MR) is 106 cm³/mol. The maximum Gasteiger partial charge on any atom is 0.0722 e. The molecule has 0 spiro atoms. The number of aryl methyl sites for hydroxylation is 1. The van der Waals surface area contributed by atoms with Gasteiger partial charge in [0.05, 0.1) is 5.52 Å². The van der Waals surface area contributed by atoms with Crippen LogP contribution in [0.2, 0.25) is 0 Å². The topological polar surface area (TPSA) is 16.1 Å². The monoisotopic (exact) mass is 330 g/mol. The van der Waals surface area contributed by atoms with E-state index >= 15 is 0 Å². The van der Waals surface area contributed by atoms with Crippen molar-refractivity contribution in [1.82, 2.24) is 4.98 Å². The van der Waals surface area contributed by atoms with E-state index in [9.17, 15) is 0 Å². The first-order valence-corrected chi connectivity index (χ1v) is 9.53. The van der Waals surface area contributed by atoms with Crippen LogP contribution >= 0.6 is 0 Å². The molecule has 2 aromatic carbocycles. The van der Waals surface area contributed by atoms with Crippen LogP contribution in [0, 0.1) is 5.92 Å². The van der Waals surface area contributed by atoms with Gasteiger partial charge in [-0.25, -0.2) is 0 Å². The minimum Gasteiger partial charge on any atom is -0.371 e. The molecule has 1 fully saturated rings. The minimum absolute atomic E-state index is 0.882. The standard InChI is InChI=1S/C23H26N2/c1-2-7-19(8-3-1)9-6-10-20-14-17-25(18-15-20)23-13-16-24-22-12-5-4-11-21(22)23/h1-5,7-8,11-13,16,20H,6,9-10,14-15,17-18H2. The fourth-order valence-corrected chi connectivity index (χ4v) is 4.06. The summed E-state index contributed by atoms with van der Waals surface area (Å²) in [7, 11) is 0. The van der Waals surface area contributed by atoms with Gasteiger partial charge in [0.25, 0.3) is 0 Å². The summed E-state index contributed by atoms with van der Waals surface area (Å²) in [6, 6.07) is 21.6. The van der Waals surface area contributed by atoms with Crippen molar-refractivity contribution in [3.05, 3.63) is 72.4 Å². The SMILES string of the molecule is c1ccc(CCCC2CCN(c3ccnc4ccccc34)CC2)cc1. The number of pyridine rings is 1. The fraction of sp³-hybridized carbons (Fsp3) is 0.348. The number of nitrogens with zero attached hydrogens (tertiary/aromatic N) is 2. The maximum absolute atomic E-state index is 4.49. The number of piperidine rings is 1. The van der Waals surface area contributed by atoms with E-state index in [4.69, 9.17) is 0 Å². The van der Waals surface area contributed by atoms with E-state index in [0.717, 1.165) is 11.4 Å². The van der Waals surface area contributed by atoms with Gasteiger partial charge in [0.15, 0.2) is 0 Å². The molecule has 2 heteroatoms. The molecular weight excluding hydrogens is 304 g/mol. The lowest BCUT2D eigenvalue weighted by atomic mass is 9.90. The smallest absolute Gasteiger partial charge is 0.0722 e. The molecule has 1 aliphatic rings. The van der Waals surface area contributed by atoms with Gasteiger partial charge in [-0.05, 0) is 55.7 Å². The fourth-order valence-electron chi connectivity index (χ4n) is 4.06. The van der Waals surface area contributed by atoms with Crippen molar-refractivity contribution in [3.8, 4) is 0 Å². The average Bonchev–Trinajstić information content (AvgIpc) is 2.69. The second-order valence-corrected chi connectivity index (χ2v) is 7.16. The Kier molecular flexibility index (Phi) is 4.96. The third-order valence-corrected chi connectivity index (χ3v) is 5.50. The van der Waals surface area contributed by atoms with Crippen LogP contribution in [-0.2, 0) is 6.42 Å². The zero-order chi connectivity index (χ0) is 16.9. The molecular formula is C23H26N2. The van der Waals surface area contributed by atoms with Crippen LogP contribution in [0.15, 0.2) is 66.9 Å². The maximum atomic E-state index is 4.49. The van der Waals surface area contributed by atoms with Crippen LogP contribution in [0.4, 0.5) is 5.69 Å². The Morgan fingerprint density at radius 3 is 2.48 bits per heavy atom. The first kappa shape index (κ1) is 16.1. The average molecular weight is 330 g/mol. The molecule has 1 saturated heterocycles. The number of aromatic nitrogens is 1. The Labute approximate surface area is 150 Å². The van der Waals surface area contributed by atoms with E-state index in [0.29, 0.717) is 0 Å². The van der Waals surface area contributed by atoms with E-state index in [1.165, 1.54) is 61.8 Å². The first-order chi connectivity index (χ1) is 12.4. The van der Waals surface area contributed by atoms with Gasteiger partial charge in [-0.3, -0.25) is 4.98 Å². The van der Waals surface area contributed by atoms with Gasteiger partial charge in [0.2, 0.25) is 0 Å². The number of fused-ring (bicyclic) bond motifs is 1. The molecule has 128 valence electrons. The highest BCUT2D eigenvalue weighted by molar-refractivity contribution is 5.91. The number of hydrogen-bond acceptors (Lipinski definition) is 2. The Hall–Kier alpha value is -2.35. The molecule has 1 aliphatic heterocycles. The number of rotatable bonds is 5. The van der Waals surface area contributed by atoms with E-state index in [-0.39, 0.29) is 0 Å². The number of hydrogen-bond donors (Lipinski definition) is 0. The highest BCUT2D eigenvalue weighted by atomic mass is 15.1. The molecule has 0 aliphatic carbocycles. The molecule has 0 bridgehead atoms. The lowest BCUT2D eigenvalue weighted by Gasteiger charge is -2.34. The molecule has 0 N–H and O–H groups in total. The van der Waals surface area contributed by atoms with Gasteiger partial charge >= 0.3 is 0 Å². The van der Waals surface area contributed by atoms with Crippen LogP contribution in [0.25, 0.3) is 10.9 Å². The molecule has 2 heterocycles. The lowest BCUT2D eigenvalue weighted by molar-refractivity contribution is 0.373. The van der Waals surface area contributed by atoms with Gasteiger partial charge in [-0.1, -0.05) is 48.5 Å². The predicted octanol–water partition coefficient (Wildman–Crippen LogP) is 5.47. The van der Waals surface area contributed by atoms with E-state index < -0.39 is 0 Å². The summed E-state index contributed by atoms with van der Waals surface area (Å²) >= 11 is 0. The molecule has 25 heavy (non-hydrogen) atoms. The van der Waals surface area contributed by atoms with Crippen LogP contribution in [0.1, 0.15) is 31.2 Å². The summed E-state index contributed by atoms with van der Waals surface area (Å²) in [6.45, 7) is 2.34. The minimum atomic E-state index is 0.882.